The van der Waals surface area contributed by atoms with Gasteiger partial charge < -0.3 is 9.73 Å². The highest BCUT2D eigenvalue weighted by Gasteiger charge is 2.47. The van der Waals surface area contributed by atoms with Gasteiger partial charge in [-0.25, -0.2) is 0 Å². The van der Waals surface area contributed by atoms with E-state index in [9.17, 15) is 13.2 Å². The molecule has 2 nitrogen and oxygen atoms in total. The standard InChI is InChI=1S/C9H10F3NO/c1-13-8(4-5-8)6-2-3-7(14-6)9(10,11)12/h2-3,13H,4-5H2,1H3. The van der Waals surface area contributed by atoms with Gasteiger partial charge in [0.15, 0.2) is 0 Å². The third-order valence-corrected chi connectivity index (χ3v) is 2.59. The number of alkyl halides is 3. The van der Waals surface area contributed by atoms with Crippen LogP contribution >= 0.6 is 0 Å². The van der Waals surface area contributed by atoms with Gasteiger partial charge in [0.2, 0.25) is 5.76 Å². The first-order chi connectivity index (χ1) is 6.48. The van der Waals surface area contributed by atoms with Gasteiger partial charge in [0.1, 0.15) is 5.76 Å². The number of nitrogens with one attached hydrogen (secondary N) is 1. The molecule has 0 spiro atoms. The summed E-state index contributed by atoms with van der Waals surface area (Å²) in [5, 5.41) is 2.97. The lowest BCUT2D eigenvalue weighted by molar-refractivity contribution is -0.153. The summed E-state index contributed by atoms with van der Waals surface area (Å²) in [6, 6.07) is 2.37. The van der Waals surface area contributed by atoms with Gasteiger partial charge in [-0.2, -0.15) is 13.2 Å². The zero-order chi connectivity index (χ0) is 10.4. The second-order valence-corrected chi connectivity index (χ2v) is 3.49. The topological polar surface area (TPSA) is 25.2 Å². The number of rotatable bonds is 2. The number of furan rings is 1. The van der Waals surface area contributed by atoms with Gasteiger partial charge in [-0.1, -0.05) is 0 Å². The van der Waals surface area contributed by atoms with Crippen LogP contribution in [0.3, 0.4) is 0 Å². The Morgan fingerprint density at radius 2 is 2.00 bits per heavy atom. The number of hydrogen-bond donors (Lipinski definition) is 1. The fourth-order valence-corrected chi connectivity index (χ4v) is 1.49. The van der Waals surface area contributed by atoms with Gasteiger partial charge >= 0.3 is 6.18 Å². The van der Waals surface area contributed by atoms with Crippen molar-refractivity contribution in [1.29, 1.82) is 0 Å². The van der Waals surface area contributed by atoms with Gasteiger partial charge in [0, 0.05) is 0 Å². The van der Waals surface area contributed by atoms with E-state index in [0.717, 1.165) is 18.9 Å². The Kier molecular flexibility index (Phi) is 1.89. The van der Waals surface area contributed by atoms with E-state index >= 15 is 0 Å². The Morgan fingerprint density at radius 3 is 2.36 bits per heavy atom. The molecular weight excluding hydrogens is 195 g/mol. The van der Waals surface area contributed by atoms with Crippen LogP contribution in [0.1, 0.15) is 24.4 Å². The Hall–Kier alpha value is -0.970. The van der Waals surface area contributed by atoms with Crippen LogP contribution in [0.15, 0.2) is 16.5 Å². The molecule has 5 heteroatoms. The molecule has 0 radical (unpaired) electrons. The fraction of sp³-hybridized carbons (Fsp3) is 0.556. The van der Waals surface area contributed by atoms with Crippen molar-refractivity contribution in [2.24, 2.45) is 0 Å². The molecule has 1 heterocycles. The number of halogens is 3. The molecule has 1 aromatic heterocycles. The monoisotopic (exact) mass is 205 g/mol. The Balaban J connectivity index is 2.27. The molecule has 0 aromatic carbocycles. The van der Waals surface area contributed by atoms with Crippen molar-refractivity contribution in [2.75, 3.05) is 7.05 Å². The van der Waals surface area contributed by atoms with E-state index in [2.05, 4.69) is 5.32 Å². The highest BCUT2D eigenvalue weighted by atomic mass is 19.4. The maximum Gasteiger partial charge on any atom is 0.449 e. The van der Waals surface area contributed by atoms with E-state index in [1.807, 2.05) is 0 Å². The van der Waals surface area contributed by atoms with Crippen molar-refractivity contribution in [3.63, 3.8) is 0 Å². The Morgan fingerprint density at radius 1 is 1.36 bits per heavy atom. The maximum absolute atomic E-state index is 12.2. The Bertz CT molecular complexity index is 338. The van der Waals surface area contributed by atoms with Crippen LogP contribution in [0, 0.1) is 0 Å². The van der Waals surface area contributed by atoms with Crippen LogP contribution in [0.25, 0.3) is 0 Å². The summed E-state index contributed by atoms with van der Waals surface area (Å²) >= 11 is 0. The van der Waals surface area contributed by atoms with Crippen molar-refractivity contribution in [3.05, 3.63) is 23.7 Å². The largest absolute Gasteiger partial charge is 0.455 e. The minimum atomic E-state index is -4.39. The average Bonchev–Trinajstić information content (AvgIpc) is 2.73. The van der Waals surface area contributed by atoms with Gasteiger partial charge in [-0.3, -0.25) is 0 Å². The molecule has 0 aliphatic heterocycles. The molecule has 0 amide bonds. The fourth-order valence-electron chi connectivity index (χ4n) is 1.49. The van der Waals surface area contributed by atoms with Crippen molar-refractivity contribution < 1.29 is 17.6 Å². The molecule has 14 heavy (non-hydrogen) atoms. The third kappa shape index (κ3) is 1.41. The van der Waals surface area contributed by atoms with E-state index < -0.39 is 11.9 Å². The lowest BCUT2D eigenvalue weighted by Gasteiger charge is -2.10. The summed E-state index contributed by atoms with van der Waals surface area (Å²) in [7, 11) is 1.72. The smallest absolute Gasteiger partial charge is 0.449 e. The van der Waals surface area contributed by atoms with E-state index in [4.69, 9.17) is 4.42 Å². The number of hydrogen-bond acceptors (Lipinski definition) is 2. The van der Waals surface area contributed by atoms with Gasteiger partial charge in [0.25, 0.3) is 0 Å². The van der Waals surface area contributed by atoms with Crippen molar-refractivity contribution >= 4 is 0 Å². The molecule has 0 bridgehead atoms. The third-order valence-electron chi connectivity index (χ3n) is 2.59. The van der Waals surface area contributed by atoms with Crippen LogP contribution in [0.4, 0.5) is 13.2 Å². The summed E-state index contributed by atoms with van der Waals surface area (Å²) < 4.78 is 41.4. The normalized spacial score (nSPS) is 19.7. The van der Waals surface area contributed by atoms with Crippen molar-refractivity contribution in [3.8, 4) is 0 Å². The van der Waals surface area contributed by atoms with Crippen LogP contribution in [-0.2, 0) is 11.7 Å². The molecule has 1 aromatic rings. The molecule has 1 N–H and O–H groups in total. The second kappa shape index (κ2) is 2.76. The van der Waals surface area contributed by atoms with E-state index in [1.54, 1.807) is 7.05 Å². The predicted molar refractivity (Wildman–Crippen MR) is 43.7 cm³/mol. The molecule has 1 aliphatic rings. The van der Waals surface area contributed by atoms with Crippen molar-refractivity contribution in [2.45, 2.75) is 24.6 Å². The summed E-state index contributed by atoms with van der Waals surface area (Å²) in [6.45, 7) is 0. The molecule has 2 rings (SSSR count). The van der Waals surface area contributed by atoms with E-state index in [0.29, 0.717) is 5.76 Å². The van der Waals surface area contributed by atoms with Crippen molar-refractivity contribution in [1.82, 2.24) is 5.32 Å². The molecule has 1 fully saturated rings. The molecule has 1 saturated carbocycles. The van der Waals surface area contributed by atoms with E-state index in [-0.39, 0.29) is 5.54 Å². The molecule has 0 saturated heterocycles. The predicted octanol–water partition coefficient (Wildman–Crippen LogP) is 2.51. The highest BCUT2D eigenvalue weighted by molar-refractivity contribution is 5.23. The van der Waals surface area contributed by atoms with Crippen LogP contribution in [0.5, 0.6) is 0 Å². The summed E-state index contributed by atoms with van der Waals surface area (Å²) in [4.78, 5) is 0. The second-order valence-electron chi connectivity index (χ2n) is 3.49. The lowest BCUT2D eigenvalue weighted by atomic mass is 10.2. The van der Waals surface area contributed by atoms with Crippen LogP contribution < -0.4 is 5.32 Å². The highest BCUT2D eigenvalue weighted by Crippen LogP contribution is 2.46. The SMILES string of the molecule is CNC1(c2ccc(C(F)(F)F)o2)CC1. The molecular formula is C9H10F3NO. The first-order valence-corrected chi connectivity index (χ1v) is 4.34. The van der Waals surface area contributed by atoms with Crippen LogP contribution in [0.2, 0.25) is 0 Å². The summed E-state index contributed by atoms with van der Waals surface area (Å²) in [5.74, 6) is -0.540. The molecule has 78 valence electrons. The lowest BCUT2D eigenvalue weighted by Crippen LogP contribution is -2.23. The maximum atomic E-state index is 12.2. The van der Waals surface area contributed by atoms with Gasteiger partial charge in [-0.05, 0) is 32.0 Å². The Labute approximate surface area is 79.1 Å². The molecule has 0 unspecified atom stereocenters. The first-order valence-electron chi connectivity index (χ1n) is 4.34. The quantitative estimate of drug-likeness (QED) is 0.802. The molecule has 0 atom stereocenters. The minimum Gasteiger partial charge on any atom is -0.455 e. The zero-order valence-corrected chi connectivity index (χ0v) is 7.61. The first kappa shape index (κ1) is 9.58. The average molecular weight is 205 g/mol. The summed E-state index contributed by atoms with van der Waals surface area (Å²) in [6.07, 6.45) is -2.73. The van der Waals surface area contributed by atoms with E-state index in [1.165, 1.54) is 6.07 Å². The zero-order valence-electron chi connectivity index (χ0n) is 7.61. The summed E-state index contributed by atoms with van der Waals surface area (Å²) in [5.41, 5.74) is -0.344. The molecule has 1 aliphatic carbocycles. The van der Waals surface area contributed by atoms with Crippen LogP contribution in [-0.4, -0.2) is 7.05 Å². The van der Waals surface area contributed by atoms with Gasteiger partial charge in [0.05, 0.1) is 5.54 Å². The minimum absolute atomic E-state index is 0.344. The van der Waals surface area contributed by atoms with Gasteiger partial charge in [-0.15, -0.1) is 0 Å².